The molecule has 0 spiro atoms. The predicted octanol–water partition coefficient (Wildman–Crippen LogP) is 0.497. The van der Waals surface area contributed by atoms with Crippen LogP contribution in [-0.2, 0) is 11.3 Å². The number of aliphatic hydroxyl groups excluding tert-OH is 1. The summed E-state index contributed by atoms with van der Waals surface area (Å²) in [5, 5.41) is 9.21. The van der Waals surface area contributed by atoms with Crippen molar-refractivity contribution in [2.45, 2.75) is 13.0 Å². The molecule has 0 aliphatic carbocycles. The predicted molar refractivity (Wildman–Crippen MR) is 46.6 cm³/mol. The molecule has 0 fully saturated rings. The van der Waals surface area contributed by atoms with Crippen molar-refractivity contribution in [2.24, 2.45) is 0 Å². The molecule has 1 aromatic rings. The van der Waals surface area contributed by atoms with Crippen molar-refractivity contribution in [2.75, 3.05) is 14.1 Å². The first-order valence-electron chi connectivity index (χ1n) is 3.53. The second kappa shape index (κ2) is 4.51. The van der Waals surface area contributed by atoms with Crippen LogP contribution in [-0.4, -0.2) is 35.5 Å². The maximum atomic E-state index is 9.21. The third-order valence-corrected chi connectivity index (χ3v) is 2.05. The first kappa shape index (κ1) is 9.60. The van der Waals surface area contributed by atoms with Gasteiger partial charge in [-0.3, -0.25) is 9.88 Å². The number of hydrogen-bond donors (Lipinski definition) is 1. The zero-order valence-electron chi connectivity index (χ0n) is 7.10. The Balaban J connectivity index is 2.27. The maximum absolute atomic E-state index is 9.21. The van der Waals surface area contributed by atoms with Crippen molar-refractivity contribution < 1.29 is 9.84 Å². The third kappa shape index (κ3) is 2.86. The highest BCUT2D eigenvalue weighted by Gasteiger charge is 2.06. The molecule has 1 unspecified atom stereocenters. The molecule has 0 aliphatic rings. The Labute approximate surface area is 75.4 Å². The van der Waals surface area contributed by atoms with Gasteiger partial charge in [-0.05, 0) is 14.1 Å². The number of aromatic nitrogens is 1. The van der Waals surface area contributed by atoms with Gasteiger partial charge in [-0.1, -0.05) is 0 Å². The second-order valence-electron chi connectivity index (χ2n) is 2.57. The molecule has 0 aliphatic heterocycles. The summed E-state index contributed by atoms with van der Waals surface area (Å²) >= 11 is 1.51. The van der Waals surface area contributed by atoms with E-state index in [-0.39, 0.29) is 0 Å². The summed E-state index contributed by atoms with van der Waals surface area (Å²) in [6, 6.07) is 0. The van der Waals surface area contributed by atoms with Crippen molar-refractivity contribution in [3.63, 3.8) is 0 Å². The molecule has 1 N–H and O–H groups in total. The largest absolute Gasteiger partial charge is 0.356 e. The molecule has 0 radical (unpaired) electrons. The minimum Gasteiger partial charge on any atom is -0.356 e. The van der Waals surface area contributed by atoms with E-state index in [1.54, 1.807) is 30.7 Å². The van der Waals surface area contributed by atoms with Gasteiger partial charge in [-0.25, -0.2) is 0 Å². The van der Waals surface area contributed by atoms with Gasteiger partial charge in [0.2, 0.25) is 6.41 Å². The summed E-state index contributed by atoms with van der Waals surface area (Å²) in [5.41, 5.74) is 1.74. The number of nitrogens with zero attached hydrogens (tertiary/aromatic N) is 2. The number of aliphatic hydroxyl groups is 1. The van der Waals surface area contributed by atoms with Gasteiger partial charge in [0, 0.05) is 6.20 Å². The summed E-state index contributed by atoms with van der Waals surface area (Å²) in [4.78, 5) is 6.48. The maximum Gasteiger partial charge on any atom is 0.215 e. The Morgan fingerprint density at radius 2 is 2.50 bits per heavy atom. The summed E-state index contributed by atoms with van der Waals surface area (Å²) < 4.78 is 5.10. The average Bonchev–Trinajstić information content (AvgIpc) is 2.51. The third-order valence-electron chi connectivity index (χ3n) is 1.30. The minimum atomic E-state index is -0.841. The summed E-state index contributed by atoms with van der Waals surface area (Å²) in [6.45, 7) is 0.407. The van der Waals surface area contributed by atoms with E-state index in [0.29, 0.717) is 6.61 Å². The van der Waals surface area contributed by atoms with Gasteiger partial charge in [-0.15, -0.1) is 11.3 Å². The molecule has 1 aromatic heterocycles. The Bertz CT molecular complexity index is 213. The molecule has 0 aromatic carbocycles. The fourth-order valence-electron chi connectivity index (χ4n) is 0.619. The van der Waals surface area contributed by atoms with E-state index in [1.807, 2.05) is 0 Å². The average molecular weight is 188 g/mol. The highest BCUT2D eigenvalue weighted by molar-refractivity contribution is 7.09. The lowest BCUT2D eigenvalue weighted by Crippen LogP contribution is -2.29. The van der Waals surface area contributed by atoms with Crippen LogP contribution in [0.3, 0.4) is 0 Å². The van der Waals surface area contributed by atoms with Crippen molar-refractivity contribution in [1.82, 2.24) is 9.88 Å². The highest BCUT2D eigenvalue weighted by atomic mass is 32.1. The van der Waals surface area contributed by atoms with E-state index in [1.165, 1.54) is 11.3 Å². The van der Waals surface area contributed by atoms with E-state index in [4.69, 9.17) is 4.74 Å². The molecular formula is C7H12N2O2S. The van der Waals surface area contributed by atoms with Gasteiger partial charge in [0.1, 0.15) is 0 Å². The first-order valence-corrected chi connectivity index (χ1v) is 4.41. The normalized spacial score (nSPS) is 13.7. The molecule has 5 heteroatoms. The quantitative estimate of drug-likeness (QED) is 0.699. The van der Waals surface area contributed by atoms with Crippen LogP contribution in [0.2, 0.25) is 0 Å². The van der Waals surface area contributed by atoms with Gasteiger partial charge in [-0.2, -0.15) is 0 Å². The van der Waals surface area contributed by atoms with Crippen molar-refractivity contribution in [3.05, 3.63) is 16.6 Å². The molecule has 0 amide bonds. The van der Waals surface area contributed by atoms with Gasteiger partial charge in [0.15, 0.2) is 0 Å². The van der Waals surface area contributed by atoms with Crippen LogP contribution < -0.4 is 0 Å². The van der Waals surface area contributed by atoms with Crippen molar-refractivity contribution in [3.8, 4) is 0 Å². The zero-order chi connectivity index (χ0) is 8.97. The lowest BCUT2D eigenvalue weighted by Gasteiger charge is -2.17. The molecule has 1 atom stereocenters. The Hall–Kier alpha value is -0.490. The van der Waals surface area contributed by atoms with Crippen molar-refractivity contribution >= 4 is 11.3 Å². The van der Waals surface area contributed by atoms with Crippen LogP contribution in [0.1, 0.15) is 4.88 Å². The summed E-state index contributed by atoms with van der Waals surface area (Å²) in [7, 11) is 3.49. The van der Waals surface area contributed by atoms with E-state index in [0.717, 1.165) is 4.88 Å². The zero-order valence-corrected chi connectivity index (χ0v) is 7.91. The second-order valence-corrected chi connectivity index (χ2v) is 3.54. The Morgan fingerprint density at radius 3 is 3.00 bits per heavy atom. The van der Waals surface area contributed by atoms with Gasteiger partial charge >= 0.3 is 0 Å². The van der Waals surface area contributed by atoms with Crippen LogP contribution in [0.5, 0.6) is 0 Å². The van der Waals surface area contributed by atoms with Gasteiger partial charge in [0.05, 0.1) is 17.0 Å². The number of ether oxygens (including phenoxy) is 1. The van der Waals surface area contributed by atoms with Gasteiger partial charge < -0.3 is 9.84 Å². The smallest absolute Gasteiger partial charge is 0.215 e. The van der Waals surface area contributed by atoms with Crippen LogP contribution in [0, 0.1) is 0 Å². The molecule has 1 heterocycles. The Kier molecular flexibility index (Phi) is 3.61. The van der Waals surface area contributed by atoms with E-state index in [2.05, 4.69) is 4.98 Å². The molecule has 12 heavy (non-hydrogen) atoms. The van der Waals surface area contributed by atoms with Crippen molar-refractivity contribution in [1.29, 1.82) is 0 Å². The molecular weight excluding hydrogens is 176 g/mol. The summed E-state index contributed by atoms with van der Waals surface area (Å²) in [6.07, 6.45) is 0.889. The lowest BCUT2D eigenvalue weighted by molar-refractivity contribution is -0.183. The molecule has 0 saturated heterocycles. The van der Waals surface area contributed by atoms with E-state index in [9.17, 15) is 5.11 Å². The van der Waals surface area contributed by atoms with Crippen LogP contribution in [0.15, 0.2) is 11.7 Å². The molecule has 0 saturated carbocycles. The standard InChI is InChI=1S/C7H12N2O2S/c1-9(2)7(10)11-4-6-3-8-5-12-6/h3,5,7,10H,4H2,1-2H3. The first-order chi connectivity index (χ1) is 5.70. The number of rotatable bonds is 4. The fourth-order valence-corrected chi connectivity index (χ4v) is 1.13. The molecule has 1 rings (SSSR count). The molecule has 68 valence electrons. The van der Waals surface area contributed by atoms with Crippen LogP contribution >= 0.6 is 11.3 Å². The lowest BCUT2D eigenvalue weighted by atomic mass is 10.6. The summed E-state index contributed by atoms with van der Waals surface area (Å²) in [5.74, 6) is 0. The Morgan fingerprint density at radius 1 is 1.75 bits per heavy atom. The van der Waals surface area contributed by atoms with E-state index >= 15 is 0 Å². The van der Waals surface area contributed by atoms with Gasteiger partial charge in [0.25, 0.3) is 0 Å². The molecule has 4 nitrogen and oxygen atoms in total. The number of thiazole rings is 1. The SMILES string of the molecule is CN(C)C(O)OCc1cncs1. The highest BCUT2D eigenvalue weighted by Crippen LogP contribution is 2.08. The number of hydrogen-bond acceptors (Lipinski definition) is 5. The van der Waals surface area contributed by atoms with E-state index < -0.39 is 6.41 Å². The van der Waals surface area contributed by atoms with Crippen LogP contribution in [0.25, 0.3) is 0 Å². The minimum absolute atomic E-state index is 0.407. The monoisotopic (exact) mass is 188 g/mol. The molecule has 0 bridgehead atoms. The topological polar surface area (TPSA) is 45.6 Å². The van der Waals surface area contributed by atoms with Crippen LogP contribution in [0.4, 0.5) is 0 Å². The fraction of sp³-hybridized carbons (Fsp3) is 0.571.